The van der Waals surface area contributed by atoms with Gasteiger partial charge in [-0.2, -0.15) is 0 Å². The van der Waals surface area contributed by atoms with E-state index >= 15 is 0 Å². The second kappa shape index (κ2) is 5.30. The fraction of sp³-hybridized carbons (Fsp3) is 0.333. The first-order chi connectivity index (χ1) is 7.54. The van der Waals surface area contributed by atoms with Crippen LogP contribution < -0.4 is 0 Å². The zero-order chi connectivity index (χ0) is 12.1. The van der Waals surface area contributed by atoms with Crippen molar-refractivity contribution in [3.63, 3.8) is 0 Å². The average Bonchev–Trinajstić information content (AvgIpc) is 2.26. The van der Waals surface area contributed by atoms with Crippen molar-refractivity contribution < 1.29 is 19.8 Å². The molecule has 86 valence electrons. The van der Waals surface area contributed by atoms with Crippen molar-refractivity contribution in [1.82, 2.24) is 0 Å². The molecule has 0 amide bonds. The molecule has 1 rings (SSSR count). The van der Waals surface area contributed by atoms with Gasteiger partial charge in [-0.15, -0.1) is 0 Å². The van der Waals surface area contributed by atoms with Crippen LogP contribution in [0.1, 0.15) is 29.3 Å². The van der Waals surface area contributed by atoms with Gasteiger partial charge in [0, 0.05) is 0 Å². The number of carboxylic acid groups (broad SMARTS) is 2. The van der Waals surface area contributed by atoms with Crippen LogP contribution in [0.5, 0.6) is 0 Å². The molecule has 0 bridgehead atoms. The second-order valence-electron chi connectivity index (χ2n) is 3.65. The van der Waals surface area contributed by atoms with Gasteiger partial charge in [0.05, 0.1) is 11.5 Å². The van der Waals surface area contributed by atoms with Gasteiger partial charge in [0.1, 0.15) is 0 Å². The van der Waals surface area contributed by atoms with Crippen molar-refractivity contribution in [1.29, 1.82) is 0 Å². The number of carboxylic acids is 2. The molecule has 4 heteroatoms. The van der Waals surface area contributed by atoms with Gasteiger partial charge >= 0.3 is 11.9 Å². The molecule has 0 aliphatic heterocycles. The third-order valence-electron chi connectivity index (χ3n) is 2.53. The Bertz CT molecular complexity index is 381. The molecule has 0 saturated carbocycles. The molecule has 16 heavy (non-hydrogen) atoms. The molecule has 0 spiro atoms. The summed E-state index contributed by atoms with van der Waals surface area (Å²) >= 11 is 0. The molecule has 1 aromatic carbocycles. The van der Waals surface area contributed by atoms with Gasteiger partial charge in [0.25, 0.3) is 0 Å². The van der Waals surface area contributed by atoms with E-state index in [1.165, 1.54) is 12.1 Å². The molecule has 0 heterocycles. The van der Waals surface area contributed by atoms with E-state index in [0.29, 0.717) is 12.8 Å². The maximum Gasteiger partial charge on any atom is 0.335 e. The second-order valence-corrected chi connectivity index (χ2v) is 3.65. The fourth-order valence-electron chi connectivity index (χ4n) is 1.47. The Hall–Kier alpha value is -1.84. The molecular weight excluding hydrogens is 208 g/mol. The standard InChI is InChI=1S/C12H14O4/c1-2-9(11(13)14)7-8-3-5-10(6-4-8)12(15)16/h3-6,9H,2,7H2,1H3,(H,13,14)(H,15,16). The third-order valence-corrected chi connectivity index (χ3v) is 2.53. The Morgan fingerprint density at radius 3 is 2.12 bits per heavy atom. The van der Waals surface area contributed by atoms with Crippen molar-refractivity contribution in [3.05, 3.63) is 35.4 Å². The number of aromatic carboxylic acids is 1. The van der Waals surface area contributed by atoms with E-state index in [-0.39, 0.29) is 5.56 Å². The van der Waals surface area contributed by atoms with Gasteiger partial charge in [-0.25, -0.2) is 4.79 Å². The van der Waals surface area contributed by atoms with Gasteiger partial charge in [-0.05, 0) is 30.5 Å². The smallest absolute Gasteiger partial charge is 0.335 e. The summed E-state index contributed by atoms with van der Waals surface area (Å²) in [6.45, 7) is 1.82. The Labute approximate surface area is 93.5 Å². The first kappa shape index (κ1) is 12.2. The van der Waals surface area contributed by atoms with Crippen LogP contribution >= 0.6 is 0 Å². The molecule has 0 aliphatic carbocycles. The van der Waals surface area contributed by atoms with Crippen LogP contribution in [-0.2, 0) is 11.2 Å². The predicted octanol–water partition coefficient (Wildman–Crippen LogP) is 2.04. The molecule has 0 aliphatic rings. The van der Waals surface area contributed by atoms with Gasteiger partial charge in [0.2, 0.25) is 0 Å². The maximum atomic E-state index is 10.8. The van der Waals surface area contributed by atoms with E-state index < -0.39 is 17.9 Å². The van der Waals surface area contributed by atoms with Gasteiger partial charge < -0.3 is 10.2 Å². The van der Waals surface area contributed by atoms with E-state index in [4.69, 9.17) is 10.2 Å². The lowest BCUT2D eigenvalue weighted by Gasteiger charge is -2.09. The summed E-state index contributed by atoms with van der Waals surface area (Å²) in [5, 5.41) is 17.6. The highest BCUT2D eigenvalue weighted by molar-refractivity contribution is 5.87. The van der Waals surface area contributed by atoms with Crippen molar-refractivity contribution in [2.75, 3.05) is 0 Å². The Morgan fingerprint density at radius 1 is 1.19 bits per heavy atom. The normalized spacial score (nSPS) is 12.1. The SMILES string of the molecule is CCC(Cc1ccc(C(=O)O)cc1)C(=O)O. The summed E-state index contributed by atoms with van der Waals surface area (Å²) in [6, 6.07) is 6.31. The van der Waals surface area contributed by atoms with E-state index in [1.807, 2.05) is 6.92 Å². The number of rotatable bonds is 5. The summed E-state index contributed by atoms with van der Waals surface area (Å²) in [4.78, 5) is 21.4. The van der Waals surface area contributed by atoms with Crippen LogP contribution in [0, 0.1) is 5.92 Å². The number of carbonyl (C=O) groups is 2. The van der Waals surface area contributed by atoms with Crippen molar-refractivity contribution in [3.8, 4) is 0 Å². The quantitative estimate of drug-likeness (QED) is 0.799. The highest BCUT2D eigenvalue weighted by Crippen LogP contribution is 2.13. The lowest BCUT2D eigenvalue weighted by atomic mass is 9.96. The zero-order valence-electron chi connectivity index (χ0n) is 9.01. The highest BCUT2D eigenvalue weighted by Gasteiger charge is 2.15. The summed E-state index contributed by atoms with van der Waals surface area (Å²) in [5.74, 6) is -2.20. The zero-order valence-corrected chi connectivity index (χ0v) is 9.01. The number of hydrogen-bond donors (Lipinski definition) is 2. The van der Waals surface area contributed by atoms with Crippen LogP contribution in [0.2, 0.25) is 0 Å². The topological polar surface area (TPSA) is 74.6 Å². The minimum absolute atomic E-state index is 0.215. The summed E-state index contributed by atoms with van der Waals surface area (Å²) in [5.41, 5.74) is 1.06. The Balaban J connectivity index is 2.75. The van der Waals surface area contributed by atoms with E-state index in [1.54, 1.807) is 12.1 Å². The number of hydrogen-bond acceptors (Lipinski definition) is 2. The van der Waals surface area contributed by atoms with Crippen molar-refractivity contribution in [2.45, 2.75) is 19.8 Å². The Kier molecular flexibility index (Phi) is 4.05. The molecule has 0 fully saturated rings. The molecule has 0 radical (unpaired) electrons. The highest BCUT2D eigenvalue weighted by atomic mass is 16.4. The molecule has 0 saturated heterocycles. The molecule has 4 nitrogen and oxygen atoms in total. The number of benzene rings is 1. The van der Waals surface area contributed by atoms with E-state index in [9.17, 15) is 9.59 Å². The third kappa shape index (κ3) is 3.08. The average molecular weight is 222 g/mol. The molecular formula is C12H14O4. The lowest BCUT2D eigenvalue weighted by molar-refractivity contribution is -0.141. The van der Waals surface area contributed by atoms with Crippen LogP contribution in [0.25, 0.3) is 0 Å². The van der Waals surface area contributed by atoms with Crippen LogP contribution in [0.15, 0.2) is 24.3 Å². The molecule has 0 aromatic heterocycles. The Morgan fingerprint density at radius 2 is 1.75 bits per heavy atom. The van der Waals surface area contributed by atoms with Crippen LogP contribution in [-0.4, -0.2) is 22.2 Å². The number of aliphatic carboxylic acids is 1. The first-order valence-corrected chi connectivity index (χ1v) is 5.09. The molecule has 1 atom stereocenters. The maximum absolute atomic E-state index is 10.8. The summed E-state index contributed by atoms with van der Waals surface area (Å²) in [6.07, 6.45) is 1.00. The predicted molar refractivity (Wildman–Crippen MR) is 58.5 cm³/mol. The van der Waals surface area contributed by atoms with Crippen LogP contribution in [0.3, 0.4) is 0 Å². The molecule has 1 aromatic rings. The summed E-state index contributed by atoms with van der Waals surface area (Å²) in [7, 11) is 0. The molecule has 2 N–H and O–H groups in total. The summed E-state index contributed by atoms with van der Waals surface area (Å²) < 4.78 is 0. The van der Waals surface area contributed by atoms with Gasteiger partial charge in [-0.3, -0.25) is 4.79 Å². The van der Waals surface area contributed by atoms with Crippen molar-refractivity contribution in [2.24, 2.45) is 5.92 Å². The lowest BCUT2D eigenvalue weighted by Crippen LogP contribution is -2.15. The van der Waals surface area contributed by atoms with E-state index in [0.717, 1.165) is 5.56 Å². The monoisotopic (exact) mass is 222 g/mol. The first-order valence-electron chi connectivity index (χ1n) is 5.09. The van der Waals surface area contributed by atoms with Crippen LogP contribution in [0.4, 0.5) is 0 Å². The van der Waals surface area contributed by atoms with Gasteiger partial charge in [-0.1, -0.05) is 19.1 Å². The fourth-order valence-corrected chi connectivity index (χ4v) is 1.47. The van der Waals surface area contributed by atoms with Crippen molar-refractivity contribution >= 4 is 11.9 Å². The minimum Gasteiger partial charge on any atom is -0.481 e. The largest absolute Gasteiger partial charge is 0.481 e. The molecule has 1 unspecified atom stereocenters. The van der Waals surface area contributed by atoms with Gasteiger partial charge in [0.15, 0.2) is 0 Å². The van der Waals surface area contributed by atoms with E-state index in [2.05, 4.69) is 0 Å². The minimum atomic E-state index is -0.975.